The van der Waals surface area contributed by atoms with E-state index in [9.17, 15) is 9.59 Å². The van der Waals surface area contributed by atoms with Gasteiger partial charge in [0.25, 0.3) is 5.91 Å². The number of rotatable bonds is 1. The molecule has 0 saturated carbocycles. The third-order valence-corrected chi connectivity index (χ3v) is 5.21. The molecule has 7 heteroatoms. The molecule has 0 radical (unpaired) electrons. The predicted octanol–water partition coefficient (Wildman–Crippen LogP) is 6.42. The normalized spacial score (nSPS) is 15.3. The molecular formula is C20H16Cl2INO3. The number of halogens is 3. The van der Waals surface area contributed by atoms with E-state index in [1.54, 1.807) is 57.2 Å². The maximum absolute atomic E-state index is 13.1. The minimum atomic E-state index is -0.736. The first-order chi connectivity index (χ1) is 12.6. The van der Waals surface area contributed by atoms with E-state index in [1.165, 1.54) is 0 Å². The van der Waals surface area contributed by atoms with Gasteiger partial charge in [-0.15, -0.1) is 0 Å². The Balaban J connectivity index is 2.13. The number of benzene rings is 2. The Morgan fingerprint density at radius 2 is 1.74 bits per heavy atom. The Bertz CT molecular complexity index is 980. The number of carbonyl (C=O) groups is 2. The average molecular weight is 516 g/mol. The van der Waals surface area contributed by atoms with Gasteiger partial charge in [-0.25, -0.2) is 9.69 Å². The van der Waals surface area contributed by atoms with Gasteiger partial charge in [-0.3, -0.25) is 4.79 Å². The number of carbonyl (C=O) groups excluding carboxylic acids is 2. The quantitative estimate of drug-likeness (QED) is 0.325. The van der Waals surface area contributed by atoms with Crippen LogP contribution >= 0.6 is 45.8 Å². The van der Waals surface area contributed by atoms with Gasteiger partial charge in [0.15, 0.2) is 0 Å². The highest BCUT2D eigenvalue weighted by atomic mass is 127. The van der Waals surface area contributed by atoms with Crippen LogP contribution in [0, 0.1) is 3.57 Å². The lowest BCUT2D eigenvalue weighted by molar-refractivity contribution is -0.112. The Kier molecular flexibility index (Phi) is 5.57. The van der Waals surface area contributed by atoms with Crippen LogP contribution < -0.4 is 4.90 Å². The first-order valence-corrected chi connectivity index (χ1v) is 9.94. The van der Waals surface area contributed by atoms with Crippen LogP contribution in [-0.4, -0.2) is 17.6 Å². The fourth-order valence-corrected chi connectivity index (χ4v) is 3.51. The van der Waals surface area contributed by atoms with Crippen molar-refractivity contribution in [3.8, 4) is 0 Å². The molecule has 0 N–H and O–H groups in total. The molecule has 0 atom stereocenters. The van der Waals surface area contributed by atoms with Crippen molar-refractivity contribution in [2.24, 2.45) is 0 Å². The summed E-state index contributed by atoms with van der Waals surface area (Å²) in [5, 5.41) is 0.988. The summed E-state index contributed by atoms with van der Waals surface area (Å²) in [6.45, 7) is 5.24. The van der Waals surface area contributed by atoms with Crippen molar-refractivity contribution in [3.05, 3.63) is 61.1 Å². The molecule has 3 rings (SSSR count). The Labute approximate surface area is 181 Å². The Morgan fingerprint density at radius 1 is 1.11 bits per heavy atom. The summed E-state index contributed by atoms with van der Waals surface area (Å²) in [4.78, 5) is 26.8. The molecule has 0 spiro atoms. The molecule has 0 bridgehead atoms. The molecular weight excluding hydrogens is 500 g/mol. The second kappa shape index (κ2) is 7.45. The van der Waals surface area contributed by atoms with Crippen molar-refractivity contribution in [1.29, 1.82) is 0 Å². The van der Waals surface area contributed by atoms with Crippen LogP contribution in [-0.2, 0) is 9.53 Å². The van der Waals surface area contributed by atoms with Gasteiger partial charge in [-0.1, -0.05) is 29.3 Å². The number of ether oxygens (including phenoxy) is 1. The van der Waals surface area contributed by atoms with Crippen molar-refractivity contribution in [2.75, 3.05) is 4.90 Å². The van der Waals surface area contributed by atoms with Crippen LogP contribution in [0.4, 0.5) is 10.5 Å². The van der Waals surface area contributed by atoms with E-state index in [1.807, 2.05) is 6.07 Å². The molecule has 27 heavy (non-hydrogen) atoms. The summed E-state index contributed by atoms with van der Waals surface area (Å²) < 4.78 is 6.34. The van der Waals surface area contributed by atoms with Gasteiger partial charge in [0.2, 0.25) is 0 Å². The minimum absolute atomic E-state index is 0.382. The van der Waals surface area contributed by atoms with Crippen molar-refractivity contribution in [2.45, 2.75) is 26.4 Å². The second-order valence-electron chi connectivity index (χ2n) is 7.01. The third kappa shape index (κ3) is 4.31. The summed E-state index contributed by atoms with van der Waals surface area (Å²) in [5.41, 5.74) is 1.47. The van der Waals surface area contributed by atoms with Crippen molar-refractivity contribution in [1.82, 2.24) is 0 Å². The van der Waals surface area contributed by atoms with Crippen LogP contribution in [0.2, 0.25) is 10.0 Å². The number of nitrogens with zero attached hydrogens (tertiary/aromatic N) is 1. The van der Waals surface area contributed by atoms with E-state index in [4.69, 9.17) is 27.9 Å². The van der Waals surface area contributed by atoms with Gasteiger partial charge in [-0.2, -0.15) is 0 Å². The molecule has 2 amide bonds. The molecule has 4 nitrogen and oxygen atoms in total. The number of anilines is 1. The summed E-state index contributed by atoms with van der Waals surface area (Å²) in [6.07, 6.45) is 0.993. The fourth-order valence-electron chi connectivity index (χ4n) is 2.67. The average Bonchev–Trinajstić information content (AvgIpc) is 2.80. The largest absolute Gasteiger partial charge is 0.443 e. The van der Waals surface area contributed by atoms with E-state index in [-0.39, 0.29) is 0 Å². The van der Waals surface area contributed by atoms with Crippen molar-refractivity contribution >= 4 is 75.1 Å². The molecule has 0 unspecified atom stereocenters. The molecule has 1 heterocycles. The van der Waals surface area contributed by atoms with Gasteiger partial charge in [-0.05, 0) is 85.3 Å². The molecule has 1 aliphatic heterocycles. The smallest absolute Gasteiger partial charge is 0.422 e. The Hall–Kier alpha value is -1.57. The fraction of sp³-hybridized carbons (Fsp3) is 0.200. The first-order valence-electron chi connectivity index (χ1n) is 8.11. The second-order valence-corrected chi connectivity index (χ2v) is 9.04. The van der Waals surface area contributed by atoms with E-state index in [2.05, 4.69) is 22.6 Å². The molecule has 1 aliphatic rings. The maximum atomic E-state index is 13.1. The highest BCUT2D eigenvalue weighted by Gasteiger charge is 2.39. The Morgan fingerprint density at radius 3 is 2.41 bits per heavy atom. The lowest BCUT2D eigenvalue weighted by Crippen LogP contribution is -2.38. The van der Waals surface area contributed by atoms with E-state index < -0.39 is 17.6 Å². The zero-order valence-electron chi connectivity index (χ0n) is 14.8. The van der Waals surface area contributed by atoms with Crippen LogP contribution in [0.1, 0.15) is 31.9 Å². The number of imide groups is 1. The van der Waals surface area contributed by atoms with E-state index in [0.717, 1.165) is 14.0 Å². The number of amides is 2. The molecule has 2 aromatic rings. The van der Waals surface area contributed by atoms with Gasteiger partial charge >= 0.3 is 6.09 Å². The van der Waals surface area contributed by atoms with E-state index in [0.29, 0.717) is 26.9 Å². The van der Waals surface area contributed by atoms with E-state index >= 15 is 0 Å². The molecule has 0 fully saturated rings. The lowest BCUT2D eigenvalue weighted by atomic mass is 10.0. The molecule has 0 saturated heterocycles. The summed E-state index contributed by atoms with van der Waals surface area (Å²) in [5.74, 6) is -0.461. The van der Waals surface area contributed by atoms with Gasteiger partial charge < -0.3 is 4.74 Å². The van der Waals surface area contributed by atoms with Gasteiger partial charge in [0.05, 0.1) is 11.3 Å². The number of hydrogen-bond acceptors (Lipinski definition) is 3. The van der Waals surface area contributed by atoms with Crippen LogP contribution in [0.3, 0.4) is 0 Å². The molecule has 2 aromatic carbocycles. The third-order valence-electron chi connectivity index (χ3n) is 3.76. The molecule has 0 aromatic heterocycles. The maximum Gasteiger partial charge on any atom is 0.422 e. The summed E-state index contributed by atoms with van der Waals surface area (Å²) >= 11 is 14.4. The zero-order valence-corrected chi connectivity index (χ0v) is 18.5. The molecule has 140 valence electrons. The van der Waals surface area contributed by atoms with Crippen LogP contribution in [0.15, 0.2) is 36.4 Å². The highest BCUT2D eigenvalue weighted by molar-refractivity contribution is 14.1. The SMILES string of the molecule is CC(C)(C)OC(=O)N1C(=O)/C(=C/c2cc(Cl)ccc2I)c2ccc(Cl)cc21. The van der Waals surface area contributed by atoms with Gasteiger partial charge in [0, 0.05) is 19.2 Å². The predicted molar refractivity (Wildman–Crippen MR) is 117 cm³/mol. The van der Waals surface area contributed by atoms with Gasteiger partial charge in [0.1, 0.15) is 5.60 Å². The first kappa shape index (κ1) is 20.2. The van der Waals surface area contributed by atoms with Crippen LogP contribution in [0.5, 0.6) is 0 Å². The van der Waals surface area contributed by atoms with Crippen molar-refractivity contribution < 1.29 is 14.3 Å². The number of hydrogen-bond donors (Lipinski definition) is 0. The number of fused-ring (bicyclic) bond motifs is 1. The zero-order chi connectivity index (χ0) is 19.9. The minimum Gasteiger partial charge on any atom is -0.443 e. The molecule has 0 aliphatic carbocycles. The monoisotopic (exact) mass is 515 g/mol. The topological polar surface area (TPSA) is 46.6 Å². The lowest BCUT2D eigenvalue weighted by Gasteiger charge is -2.23. The highest BCUT2D eigenvalue weighted by Crippen LogP contribution is 2.40. The summed E-state index contributed by atoms with van der Waals surface area (Å²) in [6, 6.07) is 10.4. The summed E-state index contributed by atoms with van der Waals surface area (Å²) in [7, 11) is 0. The standard InChI is InChI=1S/C20H16Cl2INO3/c1-20(2,3)27-19(26)24-17-10-13(22)4-6-14(17)15(18(24)25)9-11-8-12(21)5-7-16(11)23/h4-10H,1-3H3/b15-9+. The van der Waals surface area contributed by atoms with Crippen molar-refractivity contribution in [3.63, 3.8) is 0 Å². The van der Waals surface area contributed by atoms with Crippen LogP contribution in [0.25, 0.3) is 11.6 Å².